The van der Waals surface area contributed by atoms with E-state index in [-0.39, 0.29) is 24.9 Å². The molecule has 0 N–H and O–H groups in total. The third-order valence-corrected chi connectivity index (χ3v) is 5.29. The van der Waals surface area contributed by atoms with E-state index in [1.807, 2.05) is 6.07 Å². The molecule has 0 unspecified atom stereocenters. The van der Waals surface area contributed by atoms with Crippen molar-refractivity contribution in [2.75, 3.05) is 6.54 Å². The molecule has 4 rings (SSSR count). The topological polar surface area (TPSA) is 59.5 Å². The summed E-state index contributed by atoms with van der Waals surface area (Å²) in [4.78, 5) is 30.3. The van der Waals surface area contributed by atoms with E-state index in [9.17, 15) is 14.0 Å². The lowest BCUT2D eigenvalue weighted by molar-refractivity contribution is -0.145. The first-order valence-electron chi connectivity index (χ1n) is 8.49. The number of nitrogens with zero attached hydrogens (tertiary/aromatic N) is 2. The summed E-state index contributed by atoms with van der Waals surface area (Å²) in [7, 11) is 0. The number of amides is 1. The fourth-order valence-corrected chi connectivity index (χ4v) is 3.74. The zero-order chi connectivity index (χ0) is 19.7. The van der Waals surface area contributed by atoms with Crippen LogP contribution in [-0.4, -0.2) is 28.3 Å². The number of fused-ring (bicyclic) bond motifs is 1. The van der Waals surface area contributed by atoms with E-state index in [4.69, 9.17) is 4.74 Å². The maximum Gasteiger partial charge on any atom is 0.326 e. The van der Waals surface area contributed by atoms with Crippen molar-refractivity contribution in [1.82, 2.24) is 9.88 Å². The maximum atomic E-state index is 13.0. The van der Waals surface area contributed by atoms with Gasteiger partial charge in [0.15, 0.2) is 0 Å². The molecule has 7 heteroatoms. The number of thiazole rings is 1. The first-order chi connectivity index (χ1) is 13.5. The predicted molar refractivity (Wildman–Crippen MR) is 104 cm³/mol. The first-order valence-corrected chi connectivity index (χ1v) is 9.37. The van der Waals surface area contributed by atoms with Gasteiger partial charge in [0, 0.05) is 27.8 Å². The Bertz CT molecular complexity index is 1040. The molecule has 5 nitrogen and oxygen atoms in total. The molecule has 1 amide bonds. The monoisotopic (exact) mass is 394 g/mol. The Morgan fingerprint density at radius 2 is 1.86 bits per heavy atom. The number of ether oxygens (including phenoxy) is 1. The van der Waals surface area contributed by atoms with Gasteiger partial charge >= 0.3 is 5.97 Å². The highest BCUT2D eigenvalue weighted by molar-refractivity contribution is 7.13. The normalized spacial score (nSPS) is 13.0. The van der Waals surface area contributed by atoms with E-state index in [0.29, 0.717) is 22.0 Å². The van der Waals surface area contributed by atoms with Crippen LogP contribution in [0.1, 0.15) is 21.6 Å². The molecule has 1 aromatic heterocycles. The van der Waals surface area contributed by atoms with Gasteiger partial charge in [-0.1, -0.05) is 24.8 Å². The van der Waals surface area contributed by atoms with Gasteiger partial charge in [-0.25, -0.2) is 9.37 Å². The average Bonchev–Trinajstić information content (AvgIpc) is 3.27. The molecular formula is C21H15FN2O3S. The van der Waals surface area contributed by atoms with Crippen molar-refractivity contribution in [2.24, 2.45) is 0 Å². The number of carbonyl (C=O) groups is 2. The number of esters is 1. The lowest BCUT2D eigenvalue weighted by Gasteiger charge is -2.16. The lowest BCUT2D eigenvalue weighted by atomic mass is 10.1. The van der Waals surface area contributed by atoms with Gasteiger partial charge in [-0.15, -0.1) is 11.3 Å². The molecule has 140 valence electrons. The molecule has 0 aliphatic carbocycles. The third kappa shape index (κ3) is 3.44. The predicted octanol–water partition coefficient (Wildman–Crippen LogP) is 4.12. The summed E-state index contributed by atoms with van der Waals surface area (Å²) in [5.74, 6) is -1.11. The van der Waals surface area contributed by atoms with Crippen LogP contribution in [0.25, 0.3) is 16.3 Å². The molecule has 0 saturated heterocycles. The number of aromatic nitrogens is 1. The summed E-state index contributed by atoms with van der Waals surface area (Å²) in [5.41, 5.74) is 3.13. The SMILES string of the molecule is C=C1c2ccccc2C(=O)N1CC(=O)OCc1csc(-c2ccc(F)cc2)n1. The molecule has 2 heterocycles. The molecule has 0 atom stereocenters. The Kier molecular flexibility index (Phi) is 4.75. The second-order valence-corrected chi connectivity index (χ2v) is 7.05. The summed E-state index contributed by atoms with van der Waals surface area (Å²) in [5, 5.41) is 2.49. The molecule has 0 spiro atoms. The van der Waals surface area contributed by atoms with Gasteiger partial charge in [0.1, 0.15) is 24.0 Å². The van der Waals surface area contributed by atoms with Crippen molar-refractivity contribution in [1.29, 1.82) is 0 Å². The van der Waals surface area contributed by atoms with Crippen LogP contribution in [-0.2, 0) is 16.1 Å². The van der Waals surface area contributed by atoms with Gasteiger partial charge in [-0.05, 0) is 30.3 Å². The lowest BCUT2D eigenvalue weighted by Crippen LogP contribution is -2.30. The van der Waals surface area contributed by atoms with Gasteiger partial charge in [-0.3, -0.25) is 14.5 Å². The Labute approximate surface area is 164 Å². The van der Waals surface area contributed by atoms with Gasteiger partial charge in [0.2, 0.25) is 0 Å². The van der Waals surface area contributed by atoms with Crippen LogP contribution in [0.3, 0.4) is 0 Å². The zero-order valence-corrected chi connectivity index (χ0v) is 15.5. The number of carbonyl (C=O) groups excluding carboxylic acids is 2. The van der Waals surface area contributed by atoms with Crippen LogP contribution in [0, 0.1) is 5.82 Å². The van der Waals surface area contributed by atoms with Crippen LogP contribution in [0.2, 0.25) is 0 Å². The number of benzene rings is 2. The van der Waals surface area contributed by atoms with E-state index in [0.717, 1.165) is 11.1 Å². The van der Waals surface area contributed by atoms with Crippen LogP contribution in [0.15, 0.2) is 60.5 Å². The fraction of sp³-hybridized carbons (Fsp3) is 0.0952. The van der Waals surface area contributed by atoms with Gasteiger partial charge in [0.05, 0.1) is 5.69 Å². The van der Waals surface area contributed by atoms with E-state index >= 15 is 0 Å². The molecular weight excluding hydrogens is 379 g/mol. The molecule has 2 aromatic carbocycles. The molecule has 3 aromatic rings. The third-order valence-electron chi connectivity index (χ3n) is 4.35. The van der Waals surface area contributed by atoms with Gasteiger partial charge in [0.25, 0.3) is 5.91 Å². The van der Waals surface area contributed by atoms with Gasteiger partial charge in [-0.2, -0.15) is 0 Å². The smallest absolute Gasteiger partial charge is 0.326 e. The minimum absolute atomic E-state index is 0.00200. The Balaban J connectivity index is 1.36. The van der Waals surface area contributed by atoms with Crippen molar-refractivity contribution in [3.63, 3.8) is 0 Å². The quantitative estimate of drug-likeness (QED) is 0.611. The van der Waals surface area contributed by atoms with E-state index in [2.05, 4.69) is 11.6 Å². The fourth-order valence-electron chi connectivity index (χ4n) is 2.93. The van der Waals surface area contributed by atoms with Crippen LogP contribution >= 0.6 is 11.3 Å². The molecule has 1 aliphatic rings. The standard InChI is InChI=1S/C21H15FN2O3S/c1-13-17-4-2-3-5-18(17)21(26)24(13)10-19(25)27-11-16-12-28-20(23-16)14-6-8-15(22)9-7-14/h2-9,12H,1,10-11H2. The van der Waals surface area contributed by atoms with Crippen LogP contribution in [0.5, 0.6) is 0 Å². The molecule has 0 saturated carbocycles. The minimum Gasteiger partial charge on any atom is -0.458 e. The average molecular weight is 394 g/mol. The summed E-state index contributed by atoms with van der Waals surface area (Å²) in [6.07, 6.45) is 0. The summed E-state index contributed by atoms with van der Waals surface area (Å²) in [6, 6.07) is 13.1. The summed E-state index contributed by atoms with van der Waals surface area (Å²) in [6.45, 7) is 3.69. The van der Waals surface area contributed by atoms with Gasteiger partial charge < -0.3 is 4.74 Å². The number of rotatable bonds is 5. The Morgan fingerprint density at radius 3 is 2.57 bits per heavy atom. The Morgan fingerprint density at radius 1 is 1.14 bits per heavy atom. The van der Waals surface area contributed by atoms with Crippen LogP contribution < -0.4 is 0 Å². The summed E-state index contributed by atoms with van der Waals surface area (Å²) >= 11 is 1.38. The Hall–Kier alpha value is -3.32. The number of halogens is 1. The molecule has 28 heavy (non-hydrogen) atoms. The largest absolute Gasteiger partial charge is 0.458 e. The van der Waals surface area contributed by atoms with Crippen molar-refractivity contribution in [2.45, 2.75) is 6.61 Å². The maximum absolute atomic E-state index is 13.0. The number of hydrogen-bond acceptors (Lipinski definition) is 5. The summed E-state index contributed by atoms with van der Waals surface area (Å²) < 4.78 is 18.3. The molecule has 0 bridgehead atoms. The van der Waals surface area contributed by atoms with Crippen molar-refractivity contribution in [3.8, 4) is 10.6 Å². The highest BCUT2D eigenvalue weighted by Gasteiger charge is 2.32. The van der Waals surface area contributed by atoms with E-state index < -0.39 is 5.97 Å². The van der Waals surface area contributed by atoms with Crippen LogP contribution in [0.4, 0.5) is 4.39 Å². The highest BCUT2D eigenvalue weighted by Crippen LogP contribution is 2.31. The van der Waals surface area contributed by atoms with E-state index in [1.165, 1.54) is 28.4 Å². The first kappa shape index (κ1) is 18.1. The van der Waals surface area contributed by atoms with Crippen molar-refractivity contribution in [3.05, 3.63) is 83.1 Å². The van der Waals surface area contributed by atoms with Crippen molar-refractivity contribution < 1.29 is 18.7 Å². The second-order valence-electron chi connectivity index (χ2n) is 6.20. The minimum atomic E-state index is -0.543. The van der Waals surface area contributed by atoms with E-state index in [1.54, 1.807) is 35.7 Å². The molecule has 1 aliphatic heterocycles. The second kappa shape index (κ2) is 7.36. The molecule has 0 fully saturated rings. The molecule has 0 radical (unpaired) electrons. The van der Waals surface area contributed by atoms with Crippen molar-refractivity contribution >= 4 is 28.9 Å². The number of hydrogen-bond donors (Lipinski definition) is 0. The zero-order valence-electron chi connectivity index (χ0n) is 14.7. The highest BCUT2D eigenvalue weighted by atomic mass is 32.1.